The van der Waals surface area contributed by atoms with Crippen molar-refractivity contribution in [2.24, 2.45) is 11.8 Å². The first-order valence-corrected chi connectivity index (χ1v) is 16.4. The standard InChI is InChI=1S/C36H45N5O3/c1-24-20-35(42)41(22-24)23-29-10-9-28(36(43)37-30-16-18-40(19-17-30)33-7-5-4-6-25(33)2)21-34(29)44-31-13-11-27(12-14-31)32-15-8-26(3)38-39-32/h8-15,21,24-25,30,33H,4-7,16-20,22-23H2,1-3H3,(H,37,43). The van der Waals surface area contributed by atoms with Crippen molar-refractivity contribution in [1.82, 2.24) is 25.3 Å². The molecule has 2 aromatic carbocycles. The number of aryl methyl sites for hydroxylation is 1. The van der Waals surface area contributed by atoms with Gasteiger partial charge in [0.05, 0.1) is 11.4 Å². The average Bonchev–Trinajstić information content (AvgIpc) is 3.35. The summed E-state index contributed by atoms with van der Waals surface area (Å²) >= 11 is 0. The van der Waals surface area contributed by atoms with Crippen molar-refractivity contribution in [2.45, 2.75) is 84.3 Å². The minimum Gasteiger partial charge on any atom is -0.457 e. The SMILES string of the molecule is Cc1ccc(-c2ccc(Oc3cc(C(=O)NC4CCN(C5CCCCC5C)CC4)ccc3CN3CC(C)CC3=O)cc2)nn1. The van der Waals surface area contributed by atoms with Gasteiger partial charge in [-0.1, -0.05) is 32.8 Å². The van der Waals surface area contributed by atoms with E-state index in [1.54, 1.807) is 0 Å². The maximum absolute atomic E-state index is 13.5. The summed E-state index contributed by atoms with van der Waals surface area (Å²) in [4.78, 5) is 30.6. The number of nitrogens with one attached hydrogen (secondary N) is 1. The Labute approximate surface area is 261 Å². The number of ether oxygens (including phenoxy) is 1. The van der Waals surface area contributed by atoms with E-state index in [0.717, 1.165) is 60.9 Å². The maximum atomic E-state index is 13.5. The summed E-state index contributed by atoms with van der Waals surface area (Å²) in [7, 11) is 0. The molecule has 1 aromatic heterocycles. The van der Waals surface area contributed by atoms with E-state index in [1.807, 2.05) is 66.4 Å². The number of carbonyl (C=O) groups is 2. The Hall–Kier alpha value is -3.78. The first-order chi connectivity index (χ1) is 21.3. The van der Waals surface area contributed by atoms with Crippen LogP contribution in [-0.4, -0.2) is 63.5 Å². The lowest BCUT2D eigenvalue weighted by Gasteiger charge is -2.42. The lowest BCUT2D eigenvalue weighted by atomic mass is 9.84. The fourth-order valence-electron chi connectivity index (χ4n) is 7.11. The number of nitrogens with zero attached hydrogens (tertiary/aromatic N) is 4. The van der Waals surface area contributed by atoms with Crippen molar-refractivity contribution in [3.63, 3.8) is 0 Å². The lowest BCUT2D eigenvalue weighted by molar-refractivity contribution is -0.128. The van der Waals surface area contributed by atoms with Crippen molar-refractivity contribution in [3.8, 4) is 22.8 Å². The molecule has 3 unspecified atom stereocenters. The number of likely N-dealkylation sites (tertiary alicyclic amines) is 2. The highest BCUT2D eigenvalue weighted by Gasteiger charge is 2.31. The highest BCUT2D eigenvalue weighted by molar-refractivity contribution is 5.95. The molecule has 1 N–H and O–H groups in total. The molecule has 0 bridgehead atoms. The van der Waals surface area contributed by atoms with E-state index in [2.05, 4.69) is 34.3 Å². The van der Waals surface area contributed by atoms with Gasteiger partial charge >= 0.3 is 0 Å². The van der Waals surface area contributed by atoms with Crippen LogP contribution in [0.3, 0.4) is 0 Å². The van der Waals surface area contributed by atoms with Crippen LogP contribution in [0.25, 0.3) is 11.3 Å². The third-order valence-corrected chi connectivity index (χ3v) is 9.67. The molecule has 0 radical (unpaired) electrons. The molecule has 1 saturated carbocycles. The van der Waals surface area contributed by atoms with Crippen molar-refractivity contribution in [3.05, 3.63) is 71.4 Å². The molecule has 8 nitrogen and oxygen atoms in total. The van der Waals surface area contributed by atoms with Crippen LogP contribution < -0.4 is 10.1 Å². The molecule has 2 aliphatic heterocycles. The summed E-state index contributed by atoms with van der Waals surface area (Å²) in [5.41, 5.74) is 4.06. The summed E-state index contributed by atoms with van der Waals surface area (Å²) < 4.78 is 6.40. The molecular weight excluding hydrogens is 550 g/mol. The summed E-state index contributed by atoms with van der Waals surface area (Å²) in [6.45, 7) is 9.68. The molecule has 232 valence electrons. The number of piperidine rings is 1. The van der Waals surface area contributed by atoms with Gasteiger partial charge in [0.15, 0.2) is 0 Å². The van der Waals surface area contributed by atoms with E-state index < -0.39 is 0 Å². The Bertz CT molecular complexity index is 1450. The van der Waals surface area contributed by atoms with E-state index in [-0.39, 0.29) is 17.9 Å². The number of benzene rings is 2. The first kappa shape index (κ1) is 30.3. The van der Waals surface area contributed by atoms with Crippen LogP contribution in [-0.2, 0) is 11.3 Å². The monoisotopic (exact) mass is 595 g/mol. The van der Waals surface area contributed by atoms with E-state index in [9.17, 15) is 9.59 Å². The minimum atomic E-state index is -0.0787. The van der Waals surface area contributed by atoms with E-state index in [4.69, 9.17) is 4.74 Å². The second kappa shape index (κ2) is 13.5. The summed E-state index contributed by atoms with van der Waals surface area (Å²) in [5, 5.41) is 11.7. The van der Waals surface area contributed by atoms with Gasteiger partial charge in [-0.2, -0.15) is 10.2 Å². The molecule has 6 rings (SSSR count). The van der Waals surface area contributed by atoms with Crippen molar-refractivity contribution in [2.75, 3.05) is 19.6 Å². The highest BCUT2D eigenvalue weighted by atomic mass is 16.5. The van der Waals surface area contributed by atoms with Gasteiger partial charge < -0.3 is 15.0 Å². The number of hydrogen-bond acceptors (Lipinski definition) is 6. The van der Waals surface area contributed by atoms with Crippen LogP contribution in [0.2, 0.25) is 0 Å². The molecule has 3 heterocycles. The summed E-state index contributed by atoms with van der Waals surface area (Å²) in [6.07, 6.45) is 7.85. The molecule has 2 saturated heterocycles. The van der Waals surface area contributed by atoms with Crippen LogP contribution in [0, 0.1) is 18.8 Å². The first-order valence-electron chi connectivity index (χ1n) is 16.4. The Morgan fingerprint density at radius 3 is 2.41 bits per heavy atom. The lowest BCUT2D eigenvalue weighted by Crippen LogP contribution is -2.50. The summed E-state index contributed by atoms with van der Waals surface area (Å²) in [5.74, 6) is 2.42. The van der Waals surface area contributed by atoms with Crippen LogP contribution in [0.1, 0.15) is 80.4 Å². The topological polar surface area (TPSA) is 87.7 Å². The molecule has 1 aliphatic carbocycles. The van der Waals surface area contributed by atoms with Gasteiger partial charge in [0.1, 0.15) is 11.5 Å². The number of aromatic nitrogens is 2. The molecule has 3 aromatic rings. The Kier molecular flexibility index (Phi) is 9.26. The predicted molar refractivity (Wildman–Crippen MR) is 171 cm³/mol. The number of carbonyl (C=O) groups excluding carboxylic acids is 2. The quantitative estimate of drug-likeness (QED) is 0.325. The molecule has 2 amide bonds. The minimum absolute atomic E-state index is 0.0787. The van der Waals surface area contributed by atoms with Gasteiger partial charge in [-0.05, 0) is 93.0 Å². The fraction of sp³-hybridized carbons (Fsp3) is 0.500. The van der Waals surface area contributed by atoms with Gasteiger partial charge in [0.2, 0.25) is 5.91 Å². The van der Waals surface area contributed by atoms with Gasteiger partial charge in [-0.3, -0.25) is 14.5 Å². The maximum Gasteiger partial charge on any atom is 0.251 e. The molecule has 3 atom stereocenters. The molecule has 3 fully saturated rings. The highest BCUT2D eigenvalue weighted by Crippen LogP contribution is 2.32. The third kappa shape index (κ3) is 7.12. The van der Waals surface area contributed by atoms with Crippen LogP contribution >= 0.6 is 0 Å². The molecular formula is C36H45N5O3. The third-order valence-electron chi connectivity index (χ3n) is 9.67. The van der Waals surface area contributed by atoms with Crippen molar-refractivity contribution >= 4 is 11.8 Å². The van der Waals surface area contributed by atoms with Crippen LogP contribution in [0.15, 0.2) is 54.6 Å². The van der Waals surface area contributed by atoms with E-state index in [0.29, 0.717) is 42.0 Å². The zero-order valence-corrected chi connectivity index (χ0v) is 26.3. The molecule has 8 heteroatoms. The summed E-state index contributed by atoms with van der Waals surface area (Å²) in [6, 6.07) is 18.1. The van der Waals surface area contributed by atoms with Gasteiger partial charge in [-0.15, -0.1) is 0 Å². The fourth-order valence-corrected chi connectivity index (χ4v) is 7.11. The van der Waals surface area contributed by atoms with Crippen LogP contribution in [0.4, 0.5) is 0 Å². The smallest absolute Gasteiger partial charge is 0.251 e. The predicted octanol–water partition coefficient (Wildman–Crippen LogP) is 6.39. The Morgan fingerprint density at radius 1 is 0.955 bits per heavy atom. The second-order valence-electron chi connectivity index (χ2n) is 13.2. The second-order valence-corrected chi connectivity index (χ2v) is 13.2. The van der Waals surface area contributed by atoms with Gasteiger partial charge in [0, 0.05) is 61.4 Å². The zero-order chi connectivity index (χ0) is 30.6. The molecule has 3 aliphatic rings. The molecule has 44 heavy (non-hydrogen) atoms. The van der Waals surface area contributed by atoms with Crippen molar-refractivity contribution < 1.29 is 14.3 Å². The van der Waals surface area contributed by atoms with Crippen LogP contribution in [0.5, 0.6) is 11.5 Å². The number of amides is 2. The molecule has 0 spiro atoms. The van der Waals surface area contributed by atoms with Crippen molar-refractivity contribution in [1.29, 1.82) is 0 Å². The normalized spacial score (nSPS) is 23.1. The van der Waals surface area contributed by atoms with E-state index in [1.165, 1.54) is 25.7 Å². The van der Waals surface area contributed by atoms with E-state index >= 15 is 0 Å². The van der Waals surface area contributed by atoms with Gasteiger partial charge in [0.25, 0.3) is 5.91 Å². The van der Waals surface area contributed by atoms with Gasteiger partial charge in [-0.25, -0.2) is 0 Å². The largest absolute Gasteiger partial charge is 0.457 e. The average molecular weight is 596 g/mol. The zero-order valence-electron chi connectivity index (χ0n) is 26.3. The Morgan fingerprint density at radius 2 is 1.73 bits per heavy atom. The Balaban J connectivity index is 1.15. The number of hydrogen-bond donors (Lipinski definition) is 1. The number of rotatable bonds is 8.